The van der Waals surface area contributed by atoms with Crippen molar-refractivity contribution in [3.63, 3.8) is 0 Å². The van der Waals surface area contributed by atoms with Gasteiger partial charge in [-0.15, -0.1) is 0 Å². The highest BCUT2D eigenvalue weighted by atomic mass is 14.9. The average Bonchev–Trinajstić information content (AvgIpc) is 2.25. The molecule has 0 atom stereocenters. The number of aromatic nitrogens is 3. The summed E-state index contributed by atoms with van der Waals surface area (Å²) in [6.07, 6.45) is 3.52. The molecule has 0 N–H and O–H groups in total. The number of rotatable bonds is 0. The smallest absolute Gasteiger partial charge is 0.162 e. The monoisotopic (exact) mass is 243 g/mol. The molecule has 0 bridgehead atoms. The minimum absolute atomic E-state index is 0.000617. The van der Waals surface area contributed by atoms with Crippen molar-refractivity contribution in [2.24, 2.45) is 0 Å². The van der Waals surface area contributed by atoms with Gasteiger partial charge in [0, 0.05) is 17.0 Å². The number of hydrogen-bond acceptors (Lipinski definition) is 3. The third kappa shape index (κ3) is 2.35. The molecule has 3 heteroatoms. The molecule has 0 saturated heterocycles. The summed E-state index contributed by atoms with van der Waals surface area (Å²) in [6, 6.07) is 2.18. The summed E-state index contributed by atoms with van der Waals surface area (Å²) in [4.78, 5) is 13.2. The molecule has 0 saturated carbocycles. The van der Waals surface area contributed by atoms with E-state index in [2.05, 4.69) is 62.6 Å². The summed E-state index contributed by atoms with van der Waals surface area (Å²) in [7, 11) is 0. The van der Waals surface area contributed by atoms with E-state index < -0.39 is 0 Å². The summed E-state index contributed by atoms with van der Waals surface area (Å²) < 4.78 is 0. The predicted molar refractivity (Wildman–Crippen MR) is 74.7 cm³/mol. The van der Waals surface area contributed by atoms with Crippen LogP contribution in [0.15, 0.2) is 18.6 Å². The van der Waals surface area contributed by atoms with Gasteiger partial charge in [0.2, 0.25) is 0 Å². The molecule has 0 fully saturated rings. The van der Waals surface area contributed by atoms with Gasteiger partial charge in [0.15, 0.2) is 5.65 Å². The van der Waals surface area contributed by atoms with E-state index in [4.69, 9.17) is 0 Å². The van der Waals surface area contributed by atoms with Crippen molar-refractivity contribution in [2.45, 2.75) is 52.4 Å². The van der Waals surface area contributed by atoms with Crippen molar-refractivity contribution in [1.82, 2.24) is 15.0 Å². The predicted octanol–water partition coefficient (Wildman–Crippen LogP) is 3.62. The Morgan fingerprint density at radius 3 is 2.06 bits per heavy atom. The van der Waals surface area contributed by atoms with Gasteiger partial charge in [-0.25, -0.2) is 15.0 Å². The Labute approximate surface area is 109 Å². The maximum absolute atomic E-state index is 4.47. The van der Waals surface area contributed by atoms with Crippen LogP contribution in [-0.2, 0) is 10.8 Å². The van der Waals surface area contributed by atoms with Crippen molar-refractivity contribution in [2.75, 3.05) is 0 Å². The fourth-order valence-electron chi connectivity index (χ4n) is 1.95. The molecular weight excluding hydrogens is 222 g/mol. The Morgan fingerprint density at radius 1 is 0.833 bits per heavy atom. The Hall–Kier alpha value is -1.51. The second kappa shape index (κ2) is 4.01. The molecule has 0 aromatic carbocycles. The molecule has 18 heavy (non-hydrogen) atoms. The molecule has 0 amide bonds. The SMILES string of the molecule is CC(C)(C)c1cnc2ncnc(C(C)(C)C)c2c1. The molecule has 2 heterocycles. The molecule has 0 spiro atoms. The first-order chi connectivity index (χ1) is 8.19. The molecular formula is C15H21N3. The minimum Gasteiger partial charge on any atom is -0.240 e. The van der Waals surface area contributed by atoms with Crippen LogP contribution in [0.5, 0.6) is 0 Å². The topological polar surface area (TPSA) is 38.7 Å². The van der Waals surface area contributed by atoms with Crippen molar-refractivity contribution in [3.05, 3.63) is 29.8 Å². The summed E-state index contributed by atoms with van der Waals surface area (Å²) in [5.74, 6) is 0. The molecule has 96 valence electrons. The standard InChI is InChI=1S/C15H21N3/c1-14(2,3)10-7-11-12(15(4,5)6)17-9-18-13(11)16-8-10/h7-9H,1-6H3. The fraction of sp³-hybridized carbons (Fsp3) is 0.533. The first kappa shape index (κ1) is 12.9. The van der Waals surface area contributed by atoms with Crippen molar-refractivity contribution < 1.29 is 0 Å². The zero-order valence-corrected chi connectivity index (χ0v) is 12.1. The summed E-state index contributed by atoms with van der Waals surface area (Å²) >= 11 is 0. The first-order valence-electron chi connectivity index (χ1n) is 6.31. The zero-order valence-electron chi connectivity index (χ0n) is 12.1. The fourth-order valence-corrected chi connectivity index (χ4v) is 1.95. The van der Waals surface area contributed by atoms with Gasteiger partial charge in [0.25, 0.3) is 0 Å². The van der Waals surface area contributed by atoms with Gasteiger partial charge >= 0.3 is 0 Å². The summed E-state index contributed by atoms with van der Waals surface area (Å²) in [5.41, 5.74) is 3.15. The third-order valence-electron chi connectivity index (χ3n) is 3.07. The molecule has 2 aromatic rings. The highest BCUT2D eigenvalue weighted by Crippen LogP contribution is 2.29. The minimum atomic E-state index is -0.000617. The lowest BCUT2D eigenvalue weighted by atomic mass is 9.85. The highest BCUT2D eigenvalue weighted by Gasteiger charge is 2.21. The first-order valence-corrected chi connectivity index (χ1v) is 6.31. The number of fused-ring (bicyclic) bond motifs is 1. The summed E-state index contributed by atoms with van der Waals surface area (Å²) in [5, 5.41) is 1.07. The van der Waals surface area contributed by atoms with Crippen LogP contribution in [0.4, 0.5) is 0 Å². The van der Waals surface area contributed by atoms with E-state index in [0.717, 1.165) is 16.7 Å². The normalized spacial score (nSPS) is 13.0. The second-order valence-corrected chi connectivity index (χ2v) is 6.82. The third-order valence-corrected chi connectivity index (χ3v) is 3.07. The molecule has 2 rings (SSSR count). The molecule has 3 nitrogen and oxygen atoms in total. The van der Waals surface area contributed by atoms with Gasteiger partial charge in [-0.3, -0.25) is 0 Å². The van der Waals surface area contributed by atoms with Gasteiger partial charge in [-0.2, -0.15) is 0 Å². The molecule has 0 aliphatic heterocycles. The van der Waals surface area contributed by atoms with Gasteiger partial charge in [-0.05, 0) is 17.0 Å². The quantitative estimate of drug-likeness (QED) is 0.709. The average molecular weight is 243 g/mol. The highest BCUT2D eigenvalue weighted by molar-refractivity contribution is 5.78. The van der Waals surface area contributed by atoms with E-state index in [0.29, 0.717) is 0 Å². The molecule has 0 aliphatic carbocycles. The Bertz CT molecular complexity index is 574. The van der Waals surface area contributed by atoms with Gasteiger partial charge in [0.1, 0.15) is 6.33 Å². The molecule has 0 unspecified atom stereocenters. The van der Waals surface area contributed by atoms with Crippen molar-refractivity contribution >= 4 is 11.0 Å². The van der Waals surface area contributed by atoms with E-state index in [1.54, 1.807) is 6.33 Å². The number of hydrogen-bond donors (Lipinski definition) is 0. The van der Waals surface area contributed by atoms with Crippen LogP contribution < -0.4 is 0 Å². The second-order valence-electron chi connectivity index (χ2n) is 6.82. The Balaban J connectivity index is 2.74. The number of nitrogens with zero attached hydrogens (tertiary/aromatic N) is 3. The van der Waals surface area contributed by atoms with E-state index in [1.165, 1.54) is 5.56 Å². The van der Waals surface area contributed by atoms with E-state index in [-0.39, 0.29) is 10.8 Å². The molecule has 2 aromatic heterocycles. The molecule has 0 aliphatic rings. The van der Waals surface area contributed by atoms with Crippen molar-refractivity contribution in [1.29, 1.82) is 0 Å². The lowest BCUT2D eigenvalue weighted by Gasteiger charge is -2.22. The van der Waals surface area contributed by atoms with Gasteiger partial charge in [-0.1, -0.05) is 41.5 Å². The Kier molecular flexibility index (Phi) is 2.88. The summed E-state index contributed by atoms with van der Waals surface area (Å²) in [6.45, 7) is 13.1. The number of pyridine rings is 1. The van der Waals surface area contributed by atoms with Crippen LogP contribution in [0.3, 0.4) is 0 Å². The van der Waals surface area contributed by atoms with Crippen LogP contribution in [0.2, 0.25) is 0 Å². The van der Waals surface area contributed by atoms with Crippen LogP contribution in [-0.4, -0.2) is 15.0 Å². The Morgan fingerprint density at radius 2 is 1.50 bits per heavy atom. The lowest BCUT2D eigenvalue weighted by molar-refractivity contribution is 0.571. The van der Waals surface area contributed by atoms with Gasteiger partial charge < -0.3 is 0 Å². The maximum Gasteiger partial charge on any atom is 0.162 e. The maximum atomic E-state index is 4.47. The van der Waals surface area contributed by atoms with Crippen LogP contribution in [0.25, 0.3) is 11.0 Å². The van der Waals surface area contributed by atoms with Crippen LogP contribution >= 0.6 is 0 Å². The zero-order chi connectivity index (χ0) is 13.6. The lowest BCUT2D eigenvalue weighted by Crippen LogP contribution is -2.16. The van der Waals surface area contributed by atoms with E-state index in [9.17, 15) is 0 Å². The van der Waals surface area contributed by atoms with Crippen LogP contribution in [0, 0.1) is 0 Å². The largest absolute Gasteiger partial charge is 0.240 e. The van der Waals surface area contributed by atoms with E-state index >= 15 is 0 Å². The molecule has 0 radical (unpaired) electrons. The van der Waals surface area contributed by atoms with Crippen LogP contribution in [0.1, 0.15) is 52.8 Å². The van der Waals surface area contributed by atoms with Gasteiger partial charge in [0.05, 0.1) is 5.69 Å². The van der Waals surface area contributed by atoms with E-state index in [1.807, 2.05) is 6.20 Å². The van der Waals surface area contributed by atoms with Crippen molar-refractivity contribution in [3.8, 4) is 0 Å².